The van der Waals surface area contributed by atoms with Gasteiger partial charge < -0.3 is 35.8 Å². The standard InChI is InChI=1S/C53H63F7N10O7/c1-7-44(72)63-45(51(2,3)4)48(74)66-68(26-37-38(54)21-33(22-39(37)55)40-18-19-69(65-40)49(56)57)27-42(71)41(62-47(73)46(64-50(75)76)52(5,6)53(58,59)60)20-31-11-8-30(9-12-31)10-13-32-14-17-43(61-23-32)67-24-34-15-16-35(25-67)70(34)36-28-77-29-36/h8-9,11-12,14,17-19,21-23,34-36,41-42,45-46,49,64,71H,7,15-16,20,24-29H2,1-6H3,(H,62,73)(H,63,72)(H,66,74)(H,75,76)/t34?,35?,41-,42-,45+,46+/m0/s1. The molecule has 4 amide bonds. The first-order valence-electron chi connectivity index (χ1n) is 25.1. The number of carboxylic acid groups (broad SMARTS) is 1. The number of alkyl halides is 5. The van der Waals surface area contributed by atoms with Crippen molar-refractivity contribution < 1.29 is 64.9 Å². The lowest BCUT2D eigenvalue weighted by Gasteiger charge is -2.47. The molecule has 4 aromatic rings. The molecular weight excluding hydrogens is 1020 g/mol. The van der Waals surface area contributed by atoms with Crippen LogP contribution in [0.15, 0.2) is 67.0 Å². The average Bonchev–Trinajstić information content (AvgIpc) is 3.93. The van der Waals surface area contributed by atoms with Crippen LogP contribution < -0.4 is 26.3 Å². The smallest absolute Gasteiger partial charge is 0.405 e. The molecule has 3 saturated heterocycles. The van der Waals surface area contributed by atoms with Crippen molar-refractivity contribution in [1.29, 1.82) is 0 Å². The minimum absolute atomic E-state index is 0.0277. The van der Waals surface area contributed by atoms with Gasteiger partial charge >= 0.3 is 18.8 Å². The van der Waals surface area contributed by atoms with Gasteiger partial charge in [-0.15, -0.1) is 0 Å². The lowest BCUT2D eigenvalue weighted by Crippen LogP contribution is -2.62. The van der Waals surface area contributed by atoms with E-state index in [4.69, 9.17) is 9.72 Å². The van der Waals surface area contributed by atoms with Gasteiger partial charge in [-0.3, -0.25) is 24.7 Å². The Morgan fingerprint density at radius 1 is 0.844 bits per heavy atom. The molecule has 2 unspecified atom stereocenters. The first kappa shape index (κ1) is 57.9. The molecule has 3 aliphatic heterocycles. The van der Waals surface area contributed by atoms with Crippen LogP contribution in [0, 0.1) is 34.3 Å². The predicted octanol–water partition coefficient (Wildman–Crippen LogP) is 6.16. The largest absolute Gasteiger partial charge is 0.465 e. The topological polar surface area (TPSA) is 207 Å². The predicted molar refractivity (Wildman–Crippen MR) is 268 cm³/mol. The number of pyridine rings is 1. The fourth-order valence-electron chi connectivity index (χ4n) is 9.65. The molecule has 6 atom stereocenters. The van der Waals surface area contributed by atoms with Crippen LogP contribution in [0.1, 0.15) is 89.6 Å². The quantitative estimate of drug-likeness (QED) is 0.0355. The number of hydrogen-bond donors (Lipinski definition) is 6. The van der Waals surface area contributed by atoms with Crippen LogP contribution in [0.2, 0.25) is 0 Å². The van der Waals surface area contributed by atoms with Gasteiger partial charge in [0.15, 0.2) is 0 Å². The normalized spacial score (nSPS) is 18.7. The molecule has 7 rings (SSSR count). The lowest BCUT2D eigenvalue weighted by atomic mass is 9.82. The zero-order chi connectivity index (χ0) is 56.1. The Hall–Kier alpha value is -6.81. The molecule has 6 N–H and O–H groups in total. The number of carbonyl (C=O) groups is 4. The molecule has 17 nitrogen and oxygen atoms in total. The summed E-state index contributed by atoms with van der Waals surface area (Å²) in [5.41, 5.74) is -1.08. The van der Waals surface area contributed by atoms with E-state index in [2.05, 4.69) is 42.8 Å². The zero-order valence-corrected chi connectivity index (χ0v) is 43.3. The number of nitrogens with one attached hydrogen (secondary N) is 4. The lowest BCUT2D eigenvalue weighted by molar-refractivity contribution is -0.220. The number of aliphatic hydroxyl groups excluding tert-OH is 1. The van der Waals surface area contributed by atoms with E-state index < -0.39 is 102 Å². The van der Waals surface area contributed by atoms with E-state index in [1.807, 2.05) is 12.1 Å². The van der Waals surface area contributed by atoms with Gasteiger partial charge in [0.05, 0.1) is 42.5 Å². The van der Waals surface area contributed by atoms with E-state index in [0.29, 0.717) is 48.7 Å². The van der Waals surface area contributed by atoms with E-state index in [9.17, 15) is 51.3 Å². The minimum atomic E-state index is -5.13. The second kappa shape index (κ2) is 23.8. The SMILES string of the molecule is CCC(=O)N[C@H](C(=O)NN(Cc1c(F)cc(-c2ccn(C(F)F)n2)cc1F)C[C@H](O)[C@H](Cc1ccc(C#Cc2ccc(N3CC4CCC(C3)N4C3COC3)nc2)cc1)NC(=O)[C@@H](NC(=O)O)C(C)(C)C(F)(F)F)C(C)(C)C. The molecule has 5 heterocycles. The summed E-state index contributed by atoms with van der Waals surface area (Å²) >= 11 is 0. The average molecular weight is 1090 g/mol. The van der Waals surface area contributed by atoms with Gasteiger partial charge in [-0.2, -0.15) is 27.1 Å². The number of anilines is 1. The highest BCUT2D eigenvalue weighted by molar-refractivity contribution is 5.88. The molecule has 3 fully saturated rings. The molecular formula is C53H63F7N10O7. The van der Waals surface area contributed by atoms with Gasteiger partial charge in [0.1, 0.15) is 29.5 Å². The molecule has 2 aromatic carbocycles. The van der Waals surface area contributed by atoms with Crippen LogP contribution in [-0.4, -0.2) is 140 Å². The summed E-state index contributed by atoms with van der Waals surface area (Å²) in [5, 5.41) is 32.7. The third-order valence-electron chi connectivity index (χ3n) is 14.2. The van der Waals surface area contributed by atoms with Crippen LogP contribution in [0.4, 0.5) is 41.3 Å². The van der Waals surface area contributed by atoms with Crippen LogP contribution in [0.5, 0.6) is 0 Å². The van der Waals surface area contributed by atoms with E-state index >= 15 is 8.78 Å². The molecule has 0 aliphatic carbocycles. The van der Waals surface area contributed by atoms with Gasteiger partial charge in [0.2, 0.25) is 11.8 Å². The second-order valence-electron chi connectivity index (χ2n) is 21.2. The monoisotopic (exact) mass is 1080 g/mol. The fraction of sp³-hybridized carbons (Fsp3) is 0.509. The number of amides is 4. The minimum Gasteiger partial charge on any atom is -0.465 e. The highest BCUT2D eigenvalue weighted by atomic mass is 19.4. The van der Waals surface area contributed by atoms with Crippen LogP contribution in [-0.2, 0) is 32.1 Å². The van der Waals surface area contributed by atoms with Crippen molar-refractivity contribution in [2.45, 2.75) is 129 Å². The van der Waals surface area contributed by atoms with Crippen molar-refractivity contribution in [3.63, 3.8) is 0 Å². The molecule has 416 valence electrons. The number of aliphatic hydroxyl groups is 1. The third kappa shape index (κ3) is 14.0. The first-order chi connectivity index (χ1) is 36.2. The third-order valence-corrected chi connectivity index (χ3v) is 14.2. The van der Waals surface area contributed by atoms with Gasteiger partial charge in [0.25, 0.3) is 5.91 Å². The molecule has 0 radical (unpaired) electrons. The molecule has 0 saturated carbocycles. The van der Waals surface area contributed by atoms with Crippen LogP contribution in [0.25, 0.3) is 11.3 Å². The molecule has 2 aromatic heterocycles. The molecule has 24 heteroatoms. The Balaban J connectivity index is 1.15. The molecule has 3 aliphatic rings. The number of nitrogens with zero attached hydrogens (tertiary/aromatic N) is 6. The number of piperazine rings is 1. The van der Waals surface area contributed by atoms with Crippen molar-refractivity contribution in [2.24, 2.45) is 10.8 Å². The van der Waals surface area contributed by atoms with E-state index in [1.165, 1.54) is 0 Å². The van der Waals surface area contributed by atoms with Gasteiger partial charge in [-0.05, 0) is 86.6 Å². The fourth-order valence-corrected chi connectivity index (χ4v) is 9.65. The number of carbonyl (C=O) groups excluding carboxylic acids is 3. The number of hydrogen-bond acceptors (Lipinski definition) is 11. The van der Waals surface area contributed by atoms with Gasteiger partial charge in [0, 0.05) is 79.3 Å². The number of halogens is 7. The van der Waals surface area contributed by atoms with Crippen molar-refractivity contribution in [3.8, 4) is 23.1 Å². The van der Waals surface area contributed by atoms with Crippen LogP contribution in [0.3, 0.4) is 0 Å². The maximum atomic E-state index is 16.0. The molecule has 0 spiro atoms. The Morgan fingerprint density at radius 2 is 1.47 bits per heavy atom. The summed E-state index contributed by atoms with van der Waals surface area (Å²) in [6, 6.07) is 8.95. The van der Waals surface area contributed by atoms with Crippen LogP contribution >= 0.6 is 0 Å². The summed E-state index contributed by atoms with van der Waals surface area (Å²) < 4.78 is 108. The summed E-state index contributed by atoms with van der Waals surface area (Å²) in [6.07, 6.45) is -4.53. The summed E-state index contributed by atoms with van der Waals surface area (Å²) in [4.78, 5) is 62.1. The van der Waals surface area contributed by atoms with Crippen molar-refractivity contribution in [2.75, 3.05) is 37.7 Å². The maximum absolute atomic E-state index is 16.0. The Labute approximate surface area is 440 Å². The summed E-state index contributed by atoms with van der Waals surface area (Å²) in [5.74, 6) is 1.59. The highest BCUT2D eigenvalue weighted by Gasteiger charge is 2.56. The van der Waals surface area contributed by atoms with Gasteiger partial charge in [-0.1, -0.05) is 51.7 Å². The Bertz CT molecular complexity index is 2770. The van der Waals surface area contributed by atoms with Gasteiger partial charge in [-0.25, -0.2) is 28.3 Å². The Morgan fingerprint density at radius 3 is 1.99 bits per heavy atom. The number of benzene rings is 2. The number of fused-ring (bicyclic) bond motifs is 2. The maximum Gasteiger partial charge on any atom is 0.405 e. The molecule has 77 heavy (non-hydrogen) atoms. The first-order valence-corrected chi connectivity index (χ1v) is 25.1. The molecule has 2 bridgehead atoms. The summed E-state index contributed by atoms with van der Waals surface area (Å²) in [6.45, 7) is 6.20. The number of rotatable bonds is 19. The van der Waals surface area contributed by atoms with E-state index in [0.717, 1.165) is 74.4 Å². The van der Waals surface area contributed by atoms with Crippen molar-refractivity contribution >= 4 is 29.6 Å². The number of ether oxygens (including phenoxy) is 1. The zero-order valence-electron chi connectivity index (χ0n) is 43.3. The van der Waals surface area contributed by atoms with Crippen molar-refractivity contribution in [3.05, 3.63) is 101 Å². The van der Waals surface area contributed by atoms with E-state index in [-0.39, 0.29) is 28.8 Å². The number of hydrazine groups is 1. The van der Waals surface area contributed by atoms with E-state index in [1.54, 1.807) is 63.5 Å². The van der Waals surface area contributed by atoms with Crippen molar-refractivity contribution in [1.82, 2.24) is 46.0 Å². The number of aromatic nitrogens is 3. The Kier molecular flexibility index (Phi) is 17.9. The second-order valence-corrected chi connectivity index (χ2v) is 21.2. The summed E-state index contributed by atoms with van der Waals surface area (Å²) in [7, 11) is 0. The highest BCUT2D eigenvalue weighted by Crippen LogP contribution is 2.41.